The second-order valence-electron chi connectivity index (χ2n) is 4.04. The zero-order chi connectivity index (χ0) is 15.8. The third-order valence-corrected chi connectivity index (χ3v) is 4.69. The van der Waals surface area contributed by atoms with E-state index in [0.717, 1.165) is 12.1 Å². The van der Waals surface area contributed by atoms with Crippen molar-refractivity contribution in [1.82, 2.24) is 0 Å². The first-order chi connectivity index (χ1) is 9.70. The maximum absolute atomic E-state index is 13.7. The Labute approximate surface area is 135 Å². The van der Waals surface area contributed by atoms with Crippen molar-refractivity contribution in [3.8, 4) is 0 Å². The molecule has 9 heteroatoms. The van der Waals surface area contributed by atoms with E-state index in [9.17, 15) is 12.8 Å². The van der Waals surface area contributed by atoms with Crippen molar-refractivity contribution in [2.75, 3.05) is 10.5 Å². The minimum absolute atomic E-state index is 0.00747. The molecule has 0 unspecified atom stereocenters. The summed E-state index contributed by atoms with van der Waals surface area (Å²) in [4.78, 5) is -0.571. The predicted octanol–water partition coefficient (Wildman–Crippen LogP) is 4.17. The van der Waals surface area contributed by atoms with Crippen LogP contribution in [-0.2, 0) is 10.0 Å². The Bertz CT molecular complexity index is 789. The maximum Gasteiger partial charge on any atom is 0.264 e. The van der Waals surface area contributed by atoms with Gasteiger partial charge in [-0.3, -0.25) is 4.72 Å². The molecule has 112 valence electrons. The van der Waals surface area contributed by atoms with Crippen molar-refractivity contribution in [2.45, 2.75) is 4.90 Å². The number of nitrogens with two attached hydrogens (primary N) is 1. The third-order valence-electron chi connectivity index (χ3n) is 2.49. The second-order valence-corrected chi connectivity index (χ2v) is 6.94. The van der Waals surface area contributed by atoms with Gasteiger partial charge in [-0.25, -0.2) is 12.8 Å². The Morgan fingerprint density at radius 2 is 1.62 bits per heavy atom. The van der Waals surface area contributed by atoms with Crippen LogP contribution in [0.3, 0.4) is 0 Å². The van der Waals surface area contributed by atoms with E-state index in [1.807, 2.05) is 0 Å². The van der Waals surface area contributed by atoms with E-state index in [-0.39, 0.29) is 26.4 Å². The van der Waals surface area contributed by atoms with E-state index in [0.29, 0.717) is 0 Å². The van der Waals surface area contributed by atoms with Crippen molar-refractivity contribution in [3.05, 3.63) is 51.2 Å². The van der Waals surface area contributed by atoms with Crippen LogP contribution in [0.4, 0.5) is 15.8 Å². The summed E-state index contributed by atoms with van der Waals surface area (Å²) in [6, 6.07) is 5.84. The summed E-state index contributed by atoms with van der Waals surface area (Å²) in [5.74, 6) is -0.983. The maximum atomic E-state index is 13.7. The molecule has 0 heterocycles. The van der Waals surface area contributed by atoms with Crippen LogP contribution < -0.4 is 10.5 Å². The van der Waals surface area contributed by atoms with Gasteiger partial charge in [-0.15, -0.1) is 0 Å². The Morgan fingerprint density at radius 1 is 1.05 bits per heavy atom. The van der Waals surface area contributed by atoms with Gasteiger partial charge < -0.3 is 5.73 Å². The Kier molecular flexibility index (Phi) is 4.53. The molecule has 2 rings (SSSR count). The third kappa shape index (κ3) is 3.52. The molecule has 0 aliphatic carbocycles. The van der Waals surface area contributed by atoms with Gasteiger partial charge in [0.1, 0.15) is 10.7 Å². The average Bonchev–Trinajstić information content (AvgIpc) is 2.33. The number of hydrogen-bond acceptors (Lipinski definition) is 3. The highest BCUT2D eigenvalue weighted by atomic mass is 35.5. The lowest BCUT2D eigenvalue weighted by Crippen LogP contribution is -2.15. The highest BCUT2D eigenvalue weighted by Gasteiger charge is 2.22. The number of sulfonamides is 1. The summed E-state index contributed by atoms with van der Waals surface area (Å²) in [5.41, 5.74) is 5.40. The monoisotopic (exact) mass is 368 g/mol. The van der Waals surface area contributed by atoms with E-state index in [1.54, 1.807) is 0 Å². The summed E-state index contributed by atoms with van der Waals surface area (Å²) in [6.45, 7) is 0. The summed E-state index contributed by atoms with van der Waals surface area (Å²) >= 11 is 17.5. The fourth-order valence-electron chi connectivity index (χ4n) is 1.56. The van der Waals surface area contributed by atoms with Crippen molar-refractivity contribution in [2.24, 2.45) is 0 Å². The molecular weight excluding hydrogens is 362 g/mol. The predicted molar refractivity (Wildman–Crippen MR) is 83.1 cm³/mol. The lowest BCUT2D eigenvalue weighted by Gasteiger charge is -2.12. The van der Waals surface area contributed by atoms with Gasteiger partial charge in [0.25, 0.3) is 10.0 Å². The van der Waals surface area contributed by atoms with Crippen molar-refractivity contribution in [3.63, 3.8) is 0 Å². The van der Waals surface area contributed by atoms with Crippen LogP contribution in [-0.4, -0.2) is 8.42 Å². The van der Waals surface area contributed by atoms with Gasteiger partial charge >= 0.3 is 0 Å². The van der Waals surface area contributed by atoms with Crippen LogP contribution in [0.2, 0.25) is 15.1 Å². The fourth-order valence-corrected chi connectivity index (χ4v) is 3.75. The van der Waals surface area contributed by atoms with Crippen molar-refractivity contribution < 1.29 is 12.8 Å². The smallest absolute Gasteiger partial charge is 0.264 e. The molecule has 0 saturated carbocycles. The topological polar surface area (TPSA) is 72.2 Å². The molecule has 0 aromatic heterocycles. The van der Waals surface area contributed by atoms with Gasteiger partial charge in [0, 0.05) is 10.7 Å². The van der Waals surface area contributed by atoms with Gasteiger partial charge in [-0.2, -0.15) is 0 Å². The van der Waals surface area contributed by atoms with Crippen LogP contribution in [0.15, 0.2) is 35.2 Å². The number of rotatable bonds is 3. The zero-order valence-corrected chi connectivity index (χ0v) is 13.3. The highest BCUT2D eigenvalue weighted by molar-refractivity contribution is 7.92. The first-order valence-electron chi connectivity index (χ1n) is 5.43. The van der Waals surface area contributed by atoms with Gasteiger partial charge in [-0.05, 0) is 30.3 Å². The number of halogens is 4. The summed E-state index contributed by atoms with van der Waals surface area (Å²) in [5, 5.41) is 0.227. The molecule has 0 aliphatic heterocycles. The zero-order valence-electron chi connectivity index (χ0n) is 10.2. The van der Waals surface area contributed by atoms with E-state index >= 15 is 0 Å². The van der Waals surface area contributed by atoms with Gasteiger partial charge in [-0.1, -0.05) is 34.8 Å². The number of hydrogen-bond donors (Lipinski definition) is 2. The molecule has 0 saturated heterocycles. The molecule has 0 atom stereocenters. The molecule has 0 bridgehead atoms. The molecule has 0 amide bonds. The summed E-state index contributed by atoms with van der Waals surface area (Å²) in [7, 11) is -4.21. The molecule has 0 fully saturated rings. The lowest BCUT2D eigenvalue weighted by atomic mass is 10.3. The van der Waals surface area contributed by atoms with Crippen molar-refractivity contribution >= 4 is 56.2 Å². The molecular formula is C12H8Cl3FN2O2S. The minimum Gasteiger partial charge on any atom is -0.399 e. The van der Waals surface area contributed by atoms with Crippen molar-refractivity contribution in [1.29, 1.82) is 0 Å². The minimum atomic E-state index is -4.21. The van der Waals surface area contributed by atoms with E-state index in [1.165, 1.54) is 18.2 Å². The lowest BCUT2D eigenvalue weighted by molar-refractivity contribution is 0.571. The van der Waals surface area contributed by atoms with Gasteiger partial charge in [0.15, 0.2) is 0 Å². The number of benzene rings is 2. The fraction of sp³-hybridized carbons (Fsp3) is 0. The Morgan fingerprint density at radius 3 is 2.14 bits per heavy atom. The number of anilines is 2. The van der Waals surface area contributed by atoms with Gasteiger partial charge in [0.2, 0.25) is 0 Å². The molecule has 0 radical (unpaired) electrons. The molecule has 3 N–H and O–H groups in total. The summed E-state index contributed by atoms with van der Waals surface area (Å²) < 4.78 is 40.2. The first-order valence-corrected chi connectivity index (χ1v) is 8.05. The first kappa shape index (κ1) is 16.2. The average molecular weight is 370 g/mol. The molecule has 4 nitrogen and oxygen atoms in total. The van der Waals surface area contributed by atoms with Crippen LogP contribution in [0.5, 0.6) is 0 Å². The van der Waals surface area contributed by atoms with Gasteiger partial charge in [0.05, 0.1) is 15.7 Å². The van der Waals surface area contributed by atoms with E-state index in [4.69, 9.17) is 40.5 Å². The standard InChI is InChI=1S/C12H8Cl3FN2O2S/c13-6-3-8(14)12(9(15)4-6)18-21(19,20)11-2-1-7(17)5-10(11)16/h1-5,18H,17H2. The van der Waals surface area contributed by atoms with E-state index < -0.39 is 20.7 Å². The van der Waals surface area contributed by atoms with Crippen LogP contribution in [0, 0.1) is 5.82 Å². The Hall–Kier alpha value is -1.21. The SMILES string of the molecule is Nc1ccc(S(=O)(=O)Nc2c(Cl)cc(Cl)cc2Cl)c(F)c1. The molecule has 2 aromatic carbocycles. The van der Waals surface area contributed by atoms with Crippen LogP contribution in [0.1, 0.15) is 0 Å². The second kappa shape index (κ2) is 5.88. The quantitative estimate of drug-likeness (QED) is 0.798. The number of nitrogen functional groups attached to an aromatic ring is 1. The molecule has 0 spiro atoms. The number of nitrogens with one attached hydrogen (secondary N) is 1. The molecule has 2 aromatic rings. The highest BCUT2D eigenvalue weighted by Crippen LogP contribution is 2.35. The van der Waals surface area contributed by atoms with Crippen LogP contribution in [0.25, 0.3) is 0 Å². The molecule has 21 heavy (non-hydrogen) atoms. The normalized spacial score (nSPS) is 11.4. The Balaban J connectivity index is 2.47. The van der Waals surface area contributed by atoms with E-state index in [2.05, 4.69) is 4.72 Å². The summed E-state index contributed by atoms with van der Waals surface area (Å²) in [6.07, 6.45) is 0. The molecule has 0 aliphatic rings. The van der Waals surface area contributed by atoms with Crippen LogP contribution >= 0.6 is 34.8 Å². The largest absolute Gasteiger partial charge is 0.399 e.